The van der Waals surface area contributed by atoms with Crippen molar-refractivity contribution in [3.8, 4) is 0 Å². The zero-order valence-electron chi connectivity index (χ0n) is 14.6. The van der Waals surface area contributed by atoms with Gasteiger partial charge >= 0.3 is 6.18 Å². The third kappa shape index (κ3) is 3.21. The Morgan fingerprint density at radius 1 is 1.22 bits per heavy atom. The molecule has 2 bridgehead atoms. The summed E-state index contributed by atoms with van der Waals surface area (Å²) in [6.07, 6.45) is -1.86. The molecule has 1 aromatic carbocycles. The summed E-state index contributed by atoms with van der Waals surface area (Å²) in [7, 11) is 1.53. The van der Waals surface area contributed by atoms with Crippen LogP contribution in [0.5, 0.6) is 0 Å². The topological polar surface area (TPSA) is 41.4 Å². The number of halogens is 4. The molecule has 1 aromatic heterocycles. The van der Waals surface area contributed by atoms with E-state index in [4.69, 9.17) is 11.6 Å². The van der Waals surface area contributed by atoms with Gasteiger partial charge in [-0.2, -0.15) is 18.3 Å². The minimum atomic E-state index is -4.36. The number of piperazine rings is 1. The number of fused-ring (bicyclic) bond motifs is 2. The highest BCUT2D eigenvalue weighted by Crippen LogP contribution is 2.39. The Balaban J connectivity index is 1.51. The Kier molecular flexibility index (Phi) is 4.43. The fraction of sp³-hybridized carbons (Fsp3) is 0.444. The normalized spacial score (nSPS) is 22.6. The zero-order chi connectivity index (χ0) is 19.3. The van der Waals surface area contributed by atoms with Gasteiger partial charge in [0.15, 0.2) is 0 Å². The Labute approximate surface area is 158 Å². The molecule has 2 unspecified atom stereocenters. The fourth-order valence-corrected chi connectivity index (χ4v) is 4.29. The summed E-state index contributed by atoms with van der Waals surface area (Å²) in [6.45, 7) is 1.49. The van der Waals surface area contributed by atoms with Gasteiger partial charge in [-0.3, -0.25) is 9.69 Å². The van der Waals surface area contributed by atoms with Gasteiger partial charge in [-0.25, -0.2) is 4.68 Å². The highest BCUT2D eigenvalue weighted by atomic mass is 35.5. The maximum Gasteiger partial charge on any atom is 0.416 e. The molecule has 144 valence electrons. The summed E-state index contributed by atoms with van der Waals surface area (Å²) in [5.41, 5.74) is -0.0544. The van der Waals surface area contributed by atoms with Crippen molar-refractivity contribution in [2.45, 2.75) is 31.2 Å². The lowest BCUT2D eigenvalue weighted by atomic mass is 9.86. The first kappa shape index (κ1) is 18.3. The molecule has 2 atom stereocenters. The van der Waals surface area contributed by atoms with E-state index < -0.39 is 11.7 Å². The van der Waals surface area contributed by atoms with Crippen LogP contribution in [0.2, 0.25) is 5.02 Å². The van der Waals surface area contributed by atoms with Crippen molar-refractivity contribution < 1.29 is 13.2 Å². The monoisotopic (exact) mass is 398 g/mol. The number of piperidine rings is 1. The Morgan fingerprint density at radius 3 is 2.56 bits per heavy atom. The molecule has 0 radical (unpaired) electrons. The zero-order valence-corrected chi connectivity index (χ0v) is 15.3. The molecule has 5 nitrogen and oxygen atoms in total. The van der Waals surface area contributed by atoms with Crippen molar-refractivity contribution in [1.29, 1.82) is 0 Å². The van der Waals surface area contributed by atoms with E-state index in [0.717, 1.165) is 12.5 Å². The van der Waals surface area contributed by atoms with E-state index in [1.54, 1.807) is 12.3 Å². The van der Waals surface area contributed by atoms with Crippen molar-refractivity contribution in [2.75, 3.05) is 18.0 Å². The van der Waals surface area contributed by atoms with Crippen LogP contribution >= 0.6 is 11.6 Å². The maximum absolute atomic E-state index is 13.2. The molecule has 3 aliphatic rings. The molecule has 3 fully saturated rings. The molecule has 2 aromatic rings. The molecule has 5 rings (SSSR count). The molecule has 0 aliphatic carbocycles. The number of hydrogen-bond acceptors (Lipinski definition) is 4. The Hall–Kier alpha value is -2.06. The van der Waals surface area contributed by atoms with Crippen LogP contribution in [0.15, 0.2) is 35.3 Å². The molecule has 0 saturated carbocycles. The molecule has 3 saturated heterocycles. The fourth-order valence-electron chi connectivity index (χ4n) is 4.00. The van der Waals surface area contributed by atoms with Crippen molar-refractivity contribution >= 4 is 17.3 Å². The van der Waals surface area contributed by atoms with Crippen molar-refractivity contribution in [1.82, 2.24) is 14.7 Å². The summed E-state index contributed by atoms with van der Waals surface area (Å²) in [4.78, 5) is 16.1. The van der Waals surface area contributed by atoms with Crippen LogP contribution in [0.25, 0.3) is 0 Å². The van der Waals surface area contributed by atoms with E-state index in [1.165, 1.54) is 23.9 Å². The van der Waals surface area contributed by atoms with Crippen molar-refractivity contribution in [2.24, 2.45) is 7.05 Å². The molecule has 0 spiro atoms. The SMILES string of the molecule is Cn1ncc(N2CC3CC(C2)N3Cc2ccccc2C(F)(F)F)c(Cl)c1=O. The number of anilines is 1. The van der Waals surface area contributed by atoms with E-state index in [0.29, 0.717) is 24.3 Å². The van der Waals surface area contributed by atoms with E-state index >= 15 is 0 Å². The minimum Gasteiger partial charge on any atom is -0.366 e. The first-order valence-corrected chi connectivity index (χ1v) is 9.01. The lowest BCUT2D eigenvalue weighted by molar-refractivity contribution is -0.139. The van der Waals surface area contributed by atoms with Gasteiger partial charge in [-0.1, -0.05) is 29.8 Å². The van der Waals surface area contributed by atoms with Gasteiger partial charge in [0, 0.05) is 38.8 Å². The lowest BCUT2D eigenvalue weighted by Gasteiger charge is -2.57. The predicted molar refractivity (Wildman–Crippen MR) is 95.9 cm³/mol. The number of alkyl halides is 3. The Morgan fingerprint density at radius 2 is 1.89 bits per heavy atom. The van der Waals surface area contributed by atoms with Crippen molar-refractivity contribution in [3.05, 3.63) is 57.0 Å². The van der Waals surface area contributed by atoms with Crippen LogP contribution < -0.4 is 10.5 Å². The number of aryl methyl sites for hydroxylation is 1. The third-order valence-corrected chi connectivity index (χ3v) is 5.78. The summed E-state index contributed by atoms with van der Waals surface area (Å²) < 4.78 is 40.9. The van der Waals surface area contributed by atoms with E-state index in [2.05, 4.69) is 10.00 Å². The van der Waals surface area contributed by atoms with E-state index in [9.17, 15) is 18.0 Å². The minimum absolute atomic E-state index is 0.128. The summed E-state index contributed by atoms with van der Waals surface area (Å²) in [5.74, 6) is 0. The maximum atomic E-state index is 13.2. The van der Waals surface area contributed by atoms with Crippen LogP contribution in [0.1, 0.15) is 17.5 Å². The van der Waals surface area contributed by atoms with Gasteiger partial charge in [0.1, 0.15) is 5.02 Å². The number of aromatic nitrogens is 2. The molecule has 4 heterocycles. The summed E-state index contributed by atoms with van der Waals surface area (Å²) >= 11 is 6.18. The highest BCUT2D eigenvalue weighted by molar-refractivity contribution is 6.33. The first-order valence-electron chi connectivity index (χ1n) is 8.63. The average Bonchev–Trinajstić information content (AvgIpc) is 2.64. The largest absolute Gasteiger partial charge is 0.416 e. The molecular weight excluding hydrogens is 381 g/mol. The van der Waals surface area contributed by atoms with E-state index in [-0.39, 0.29) is 29.2 Å². The van der Waals surface area contributed by atoms with Gasteiger partial charge < -0.3 is 4.90 Å². The second-order valence-corrected chi connectivity index (χ2v) is 7.43. The molecule has 0 amide bonds. The number of benzene rings is 1. The van der Waals surface area contributed by atoms with Gasteiger partial charge in [-0.15, -0.1) is 0 Å². The van der Waals surface area contributed by atoms with Crippen LogP contribution in [-0.2, 0) is 19.8 Å². The molecular formula is C18H18ClF3N4O. The summed E-state index contributed by atoms with van der Waals surface area (Å²) in [6, 6.07) is 5.97. The standard InChI is InChI=1S/C18H18ClF3N4O/c1-24-17(27)16(19)15(7-23-24)25-9-12-6-13(10-25)26(12)8-11-4-2-3-5-14(11)18(20,21)22/h2-5,7,12-13H,6,8-10H2,1H3. The van der Waals surface area contributed by atoms with E-state index in [1.807, 2.05) is 4.90 Å². The molecule has 9 heteroatoms. The van der Waals surface area contributed by atoms with Crippen LogP contribution in [0, 0.1) is 0 Å². The molecule has 3 aliphatic heterocycles. The van der Waals surface area contributed by atoms with Gasteiger partial charge in [0.25, 0.3) is 5.56 Å². The van der Waals surface area contributed by atoms with Gasteiger partial charge in [0.2, 0.25) is 0 Å². The van der Waals surface area contributed by atoms with Crippen LogP contribution in [0.4, 0.5) is 18.9 Å². The predicted octanol–water partition coefficient (Wildman–Crippen LogP) is 2.92. The quantitative estimate of drug-likeness (QED) is 0.797. The third-order valence-electron chi connectivity index (χ3n) is 5.42. The van der Waals surface area contributed by atoms with Gasteiger partial charge in [-0.05, 0) is 18.1 Å². The van der Waals surface area contributed by atoms with Crippen LogP contribution in [0.3, 0.4) is 0 Å². The van der Waals surface area contributed by atoms with Crippen LogP contribution in [-0.4, -0.2) is 39.9 Å². The second kappa shape index (κ2) is 6.53. The number of nitrogens with zero attached hydrogens (tertiary/aromatic N) is 4. The highest BCUT2D eigenvalue weighted by Gasteiger charge is 2.46. The molecule has 0 N–H and O–H groups in total. The average molecular weight is 399 g/mol. The first-order chi connectivity index (χ1) is 12.8. The second-order valence-electron chi connectivity index (χ2n) is 7.05. The lowest BCUT2D eigenvalue weighted by Crippen LogP contribution is -2.68. The smallest absolute Gasteiger partial charge is 0.366 e. The Bertz CT molecular complexity index is 918. The summed E-state index contributed by atoms with van der Waals surface area (Å²) in [5, 5.41) is 4.15. The van der Waals surface area contributed by atoms with Gasteiger partial charge in [0.05, 0.1) is 17.4 Å². The number of hydrogen-bond donors (Lipinski definition) is 0. The van der Waals surface area contributed by atoms with Crippen molar-refractivity contribution in [3.63, 3.8) is 0 Å². The molecule has 27 heavy (non-hydrogen) atoms. The number of rotatable bonds is 3.